The zero-order valence-electron chi connectivity index (χ0n) is 9.29. The van der Waals surface area contributed by atoms with Crippen LogP contribution in [-0.2, 0) is 14.3 Å². The maximum Gasteiger partial charge on any atom is 0.312 e. The summed E-state index contributed by atoms with van der Waals surface area (Å²) in [6, 6.07) is 0. The van der Waals surface area contributed by atoms with Crippen LogP contribution in [0.3, 0.4) is 0 Å². The fraction of sp³-hybridized carbons (Fsp3) is 0.800. The highest BCUT2D eigenvalue weighted by Crippen LogP contribution is 2.28. The summed E-state index contributed by atoms with van der Waals surface area (Å²) in [7, 11) is 0. The molecule has 0 bridgehead atoms. The maximum absolute atomic E-state index is 11.5. The van der Waals surface area contributed by atoms with E-state index in [9.17, 15) is 9.59 Å². The Hall–Kier alpha value is -1.10. The molecule has 1 rings (SSSR count). The average Bonchev–Trinajstić information content (AvgIpc) is 1.92. The first-order valence-electron chi connectivity index (χ1n) is 4.91. The van der Waals surface area contributed by atoms with Crippen molar-refractivity contribution in [3.05, 3.63) is 0 Å². The van der Waals surface area contributed by atoms with E-state index in [0.717, 1.165) is 0 Å². The van der Waals surface area contributed by atoms with Gasteiger partial charge in [-0.3, -0.25) is 9.59 Å². The van der Waals surface area contributed by atoms with Crippen LogP contribution in [0.2, 0.25) is 0 Å². The van der Waals surface area contributed by atoms with Crippen LogP contribution in [0.5, 0.6) is 0 Å². The molecule has 0 aromatic carbocycles. The number of hydrogen-bond acceptors (Lipinski definition) is 4. The second kappa shape index (κ2) is 3.81. The van der Waals surface area contributed by atoms with Crippen molar-refractivity contribution in [3.63, 3.8) is 0 Å². The van der Waals surface area contributed by atoms with E-state index in [0.29, 0.717) is 13.1 Å². The molecule has 0 radical (unpaired) electrons. The number of carbonyl (C=O) groups is 2. The summed E-state index contributed by atoms with van der Waals surface area (Å²) in [5.74, 6) is -1.39. The lowest BCUT2D eigenvalue weighted by Gasteiger charge is -2.38. The molecule has 0 unspecified atom stereocenters. The second-order valence-corrected chi connectivity index (χ2v) is 4.95. The van der Waals surface area contributed by atoms with E-state index in [1.165, 1.54) is 0 Å². The Kier molecular flexibility index (Phi) is 3.04. The molecule has 1 aliphatic heterocycles. The smallest absolute Gasteiger partial charge is 0.312 e. The monoisotopic (exact) mass is 215 g/mol. The summed E-state index contributed by atoms with van der Waals surface area (Å²) >= 11 is 0. The zero-order valence-corrected chi connectivity index (χ0v) is 9.29. The summed E-state index contributed by atoms with van der Waals surface area (Å²) in [6.45, 7) is 5.95. The number of nitrogens with one attached hydrogen (secondary N) is 1. The first kappa shape index (κ1) is 12.0. The van der Waals surface area contributed by atoms with Crippen LogP contribution in [0.25, 0.3) is 0 Å². The molecule has 0 aromatic rings. The van der Waals surface area contributed by atoms with Crippen molar-refractivity contribution in [3.8, 4) is 0 Å². The molecule has 1 saturated heterocycles. The topological polar surface area (TPSA) is 75.6 Å². The highest BCUT2D eigenvalue weighted by molar-refractivity contribution is 5.83. The molecule has 1 heterocycles. The predicted octanol–water partition coefficient (Wildman–Crippen LogP) is 0.392. The van der Waals surface area contributed by atoms with Crippen molar-refractivity contribution >= 4 is 11.9 Å². The highest BCUT2D eigenvalue weighted by atomic mass is 16.6. The molecule has 0 spiro atoms. The van der Waals surface area contributed by atoms with Crippen LogP contribution in [0.1, 0.15) is 27.2 Å². The summed E-state index contributed by atoms with van der Waals surface area (Å²) in [6.07, 6.45) is -0.0629. The number of rotatable bonds is 3. The number of carboxylic acids is 1. The Morgan fingerprint density at radius 2 is 1.93 bits per heavy atom. The molecular formula is C10H17NO4. The lowest BCUT2D eigenvalue weighted by atomic mass is 9.79. The van der Waals surface area contributed by atoms with E-state index in [2.05, 4.69) is 5.32 Å². The van der Waals surface area contributed by atoms with Crippen molar-refractivity contribution in [2.24, 2.45) is 5.41 Å². The highest BCUT2D eigenvalue weighted by Gasteiger charge is 2.47. The number of hydrogen-bond donors (Lipinski definition) is 2. The number of carbonyl (C=O) groups excluding carboxylic acids is 1. The first-order chi connectivity index (χ1) is 6.75. The third kappa shape index (κ3) is 2.92. The van der Waals surface area contributed by atoms with Gasteiger partial charge in [-0.25, -0.2) is 0 Å². The molecule has 0 saturated carbocycles. The Balaban J connectivity index is 2.54. The standard InChI is InChI=1S/C10H17NO4/c1-9(2,3)15-7(12)4-10(8(13)14)5-11-6-10/h11H,4-6H2,1-3H3,(H,13,14). The Morgan fingerprint density at radius 3 is 2.20 bits per heavy atom. The van der Waals surface area contributed by atoms with Crippen molar-refractivity contribution in [1.29, 1.82) is 0 Å². The van der Waals surface area contributed by atoms with Gasteiger partial charge < -0.3 is 15.2 Å². The molecule has 15 heavy (non-hydrogen) atoms. The van der Waals surface area contributed by atoms with Crippen LogP contribution in [0, 0.1) is 5.41 Å². The number of ether oxygens (including phenoxy) is 1. The van der Waals surface area contributed by atoms with E-state index in [4.69, 9.17) is 9.84 Å². The van der Waals surface area contributed by atoms with Gasteiger partial charge in [0.05, 0.1) is 6.42 Å². The van der Waals surface area contributed by atoms with Gasteiger partial charge in [-0.05, 0) is 20.8 Å². The zero-order chi connectivity index (χ0) is 11.7. The van der Waals surface area contributed by atoms with Gasteiger partial charge in [0.2, 0.25) is 0 Å². The lowest BCUT2D eigenvalue weighted by molar-refractivity contribution is -0.167. The third-order valence-corrected chi connectivity index (χ3v) is 2.28. The normalized spacial score (nSPS) is 19.1. The van der Waals surface area contributed by atoms with Gasteiger partial charge in [-0.2, -0.15) is 0 Å². The van der Waals surface area contributed by atoms with Crippen LogP contribution >= 0.6 is 0 Å². The molecule has 5 heteroatoms. The molecule has 0 aromatic heterocycles. The van der Waals surface area contributed by atoms with Crippen LogP contribution in [-0.4, -0.2) is 35.7 Å². The van der Waals surface area contributed by atoms with Gasteiger partial charge in [0, 0.05) is 13.1 Å². The van der Waals surface area contributed by atoms with Crippen LogP contribution in [0.4, 0.5) is 0 Å². The van der Waals surface area contributed by atoms with Crippen LogP contribution < -0.4 is 5.32 Å². The molecule has 0 atom stereocenters. The summed E-state index contributed by atoms with van der Waals surface area (Å²) in [5.41, 5.74) is -1.52. The van der Waals surface area contributed by atoms with Crippen LogP contribution in [0.15, 0.2) is 0 Å². The van der Waals surface area contributed by atoms with Crippen molar-refractivity contribution < 1.29 is 19.4 Å². The van der Waals surface area contributed by atoms with Gasteiger partial charge in [0.15, 0.2) is 0 Å². The van der Waals surface area contributed by atoms with Crippen molar-refractivity contribution in [2.75, 3.05) is 13.1 Å². The molecule has 2 N–H and O–H groups in total. The molecule has 0 amide bonds. The number of carboxylic acid groups (broad SMARTS) is 1. The molecule has 1 fully saturated rings. The van der Waals surface area contributed by atoms with E-state index in [-0.39, 0.29) is 6.42 Å². The number of esters is 1. The SMILES string of the molecule is CC(C)(C)OC(=O)CC1(C(=O)O)CNC1. The second-order valence-electron chi connectivity index (χ2n) is 4.95. The fourth-order valence-corrected chi connectivity index (χ4v) is 1.43. The predicted molar refractivity (Wildman–Crippen MR) is 53.4 cm³/mol. The molecule has 86 valence electrons. The Morgan fingerprint density at radius 1 is 1.40 bits per heavy atom. The van der Waals surface area contributed by atoms with E-state index in [1.54, 1.807) is 20.8 Å². The Labute approximate surface area is 88.8 Å². The van der Waals surface area contributed by atoms with Gasteiger partial charge in [0.1, 0.15) is 11.0 Å². The minimum absolute atomic E-state index is 0.0629. The van der Waals surface area contributed by atoms with E-state index in [1.807, 2.05) is 0 Å². The van der Waals surface area contributed by atoms with E-state index < -0.39 is 23.0 Å². The number of aliphatic carboxylic acids is 1. The quantitative estimate of drug-likeness (QED) is 0.666. The average molecular weight is 215 g/mol. The van der Waals surface area contributed by atoms with Gasteiger partial charge in [0.25, 0.3) is 0 Å². The van der Waals surface area contributed by atoms with Crippen molar-refractivity contribution in [2.45, 2.75) is 32.8 Å². The van der Waals surface area contributed by atoms with E-state index >= 15 is 0 Å². The summed E-state index contributed by atoms with van der Waals surface area (Å²) < 4.78 is 5.09. The molecule has 1 aliphatic rings. The van der Waals surface area contributed by atoms with Gasteiger partial charge in [-0.1, -0.05) is 0 Å². The lowest BCUT2D eigenvalue weighted by Crippen LogP contribution is -2.59. The molecule has 0 aliphatic carbocycles. The minimum atomic E-state index is -0.956. The molecule has 5 nitrogen and oxygen atoms in total. The first-order valence-corrected chi connectivity index (χ1v) is 4.91. The van der Waals surface area contributed by atoms with Crippen molar-refractivity contribution in [1.82, 2.24) is 5.32 Å². The van der Waals surface area contributed by atoms with Gasteiger partial charge >= 0.3 is 11.9 Å². The Bertz CT molecular complexity index is 276. The largest absolute Gasteiger partial charge is 0.481 e. The minimum Gasteiger partial charge on any atom is -0.481 e. The third-order valence-electron chi connectivity index (χ3n) is 2.28. The maximum atomic E-state index is 11.5. The van der Waals surface area contributed by atoms with Gasteiger partial charge in [-0.15, -0.1) is 0 Å². The summed E-state index contributed by atoms with van der Waals surface area (Å²) in [5, 5.41) is 11.8. The molecular weight excluding hydrogens is 198 g/mol. The summed E-state index contributed by atoms with van der Waals surface area (Å²) in [4.78, 5) is 22.4. The fourth-order valence-electron chi connectivity index (χ4n) is 1.43.